The minimum absolute atomic E-state index is 0.00190. The number of H-pyrrole nitrogens is 1. The normalized spacial score (nSPS) is 16.2. The Labute approximate surface area is 98.9 Å². The van der Waals surface area contributed by atoms with Crippen molar-refractivity contribution >= 4 is 12.4 Å². The van der Waals surface area contributed by atoms with Crippen molar-refractivity contribution in [2.45, 2.75) is 19.3 Å². The van der Waals surface area contributed by atoms with Crippen molar-refractivity contribution in [1.82, 2.24) is 15.1 Å². The highest BCUT2D eigenvalue weighted by Crippen LogP contribution is 2.20. The molecular weight excluding hydrogens is 222 g/mol. The van der Waals surface area contributed by atoms with Crippen molar-refractivity contribution in [1.29, 1.82) is 0 Å². The number of hydrogen-bond acceptors (Lipinski definition) is 4. The highest BCUT2D eigenvalue weighted by molar-refractivity contribution is 5.95. The molecule has 2 rings (SSSR count). The molecule has 1 aliphatic rings. The average molecular weight is 237 g/mol. The highest BCUT2D eigenvalue weighted by Gasteiger charge is 2.26. The van der Waals surface area contributed by atoms with Crippen molar-refractivity contribution in [3.63, 3.8) is 0 Å². The lowest BCUT2D eigenvalue weighted by atomic mass is 10.0. The number of carbonyl (C=O) groups is 2. The first-order valence-corrected chi connectivity index (χ1v) is 5.62. The van der Waals surface area contributed by atoms with E-state index in [9.17, 15) is 9.59 Å². The largest absolute Gasteiger partial charge is 0.467 e. The van der Waals surface area contributed by atoms with Gasteiger partial charge in [0.15, 0.2) is 0 Å². The Morgan fingerprint density at radius 3 is 3.06 bits per heavy atom. The lowest BCUT2D eigenvalue weighted by Gasteiger charge is -2.31. The predicted molar refractivity (Wildman–Crippen MR) is 59.5 cm³/mol. The fourth-order valence-corrected chi connectivity index (χ4v) is 1.80. The van der Waals surface area contributed by atoms with Crippen molar-refractivity contribution in [2.24, 2.45) is 0 Å². The van der Waals surface area contributed by atoms with Crippen LogP contribution in [0, 0.1) is 0 Å². The number of aromatic amines is 1. The zero-order chi connectivity index (χ0) is 12.3. The van der Waals surface area contributed by atoms with Crippen LogP contribution in [-0.2, 0) is 9.53 Å². The van der Waals surface area contributed by atoms with E-state index >= 15 is 0 Å². The number of nitrogens with zero attached hydrogens (tertiary/aromatic N) is 2. The van der Waals surface area contributed by atoms with E-state index in [0.29, 0.717) is 12.0 Å². The van der Waals surface area contributed by atoms with Gasteiger partial charge < -0.3 is 9.64 Å². The van der Waals surface area contributed by atoms with E-state index in [1.165, 1.54) is 6.20 Å². The highest BCUT2D eigenvalue weighted by atomic mass is 16.5. The molecule has 0 saturated carbocycles. The van der Waals surface area contributed by atoms with Gasteiger partial charge in [-0.2, -0.15) is 5.10 Å². The standard InChI is InChI=1S/C11H15N3O3/c1-8(6-17-7-15)10-9(5-12-13-10)11(16)14-3-2-4-14/h5,7-8H,2-4,6H2,1H3,(H,12,13). The van der Waals surface area contributed by atoms with Gasteiger partial charge in [0, 0.05) is 19.0 Å². The maximum Gasteiger partial charge on any atom is 0.293 e. The number of ether oxygens (including phenoxy) is 1. The molecule has 17 heavy (non-hydrogen) atoms. The minimum atomic E-state index is -0.0667. The van der Waals surface area contributed by atoms with Crippen LogP contribution < -0.4 is 0 Å². The smallest absolute Gasteiger partial charge is 0.293 e. The first-order valence-electron chi connectivity index (χ1n) is 5.62. The summed E-state index contributed by atoms with van der Waals surface area (Å²) in [7, 11) is 0. The van der Waals surface area contributed by atoms with E-state index in [1.54, 1.807) is 4.90 Å². The second-order valence-corrected chi connectivity index (χ2v) is 4.17. The van der Waals surface area contributed by atoms with E-state index in [4.69, 9.17) is 4.74 Å². The number of rotatable bonds is 5. The minimum Gasteiger partial charge on any atom is -0.467 e. The quantitative estimate of drug-likeness (QED) is 0.758. The van der Waals surface area contributed by atoms with E-state index in [0.717, 1.165) is 25.2 Å². The summed E-state index contributed by atoms with van der Waals surface area (Å²) in [6, 6.07) is 0. The molecule has 1 aliphatic heterocycles. The van der Waals surface area contributed by atoms with E-state index in [1.807, 2.05) is 6.92 Å². The Balaban J connectivity index is 2.09. The Morgan fingerprint density at radius 1 is 1.71 bits per heavy atom. The molecule has 1 unspecified atom stereocenters. The fraction of sp³-hybridized carbons (Fsp3) is 0.545. The first kappa shape index (κ1) is 11.6. The van der Waals surface area contributed by atoms with Gasteiger partial charge in [0.25, 0.3) is 12.4 Å². The molecule has 1 atom stereocenters. The Hall–Kier alpha value is -1.85. The molecule has 0 bridgehead atoms. The predicted octanol–water partition coefficient (Wildman–Crippen LogP) is 0.532. The third kappa shape index (κ3) is 2.30. The van der Waals surface area contributed by atoms with Gasteiger partial charge in [-0.1, -0.05) is 6.92 Å². The van der Waals surface area contributed by atoms with Crippen LogP contribution >= 0.6 is 0 Å². The molecule has 0 aliphatic carbocycles. The number of hydrogen-bond donors (Lipinski definition) is 1. The van der Waals surface area contributed by atoms with Crippen molar-refractivity contribution in [2.75, 3.05) is 19.7 Å². The van der Waals surface area contributed by atoms with Gasteiger partial charge in [0.05, 0.1) is 24.1 Å². The summed E-state index contributed by atoms with van der Waals surface area (Å²) >= 11 is 0. The number of amides is 1. The molecule has 1 fully saturated rings. The average Bonchev–Trinajstić information content (AvgIpc) is 2.72. The molecule has 1 saturated heterocycles. The van der Waals surface area contributed by atoms with Crippen LogP contribution in [0.3, 0.4) is 0 Å². The monoisotopic (exact) mass is 237 g/mol. The maximum atomic E-state index is 12.0. The van der Waals surface area contributed by atoms with E-state index < -0.39 is 0 Å². The topological polar surface area (TPSA) is 75.3 Å². The summed E-state index contributed by atoms with van der Waals surface area (Å²) < 4.78 is 4.70. The SMILES string of the molecule is CC(COC=O)c1[nH]ncc1C(=O)N1CCC1. The van der Waals surface area contributed by atoms with Crippen LogP contribution in [0.2, 0.25) is 0 Å². The molecule has 6 nitrogen and oxygen atoms in total. The van der Waals surface area contributed by atoms with Gasteiger partial charge in [0.2, 0.25) is 0 Å². The summed E-state index contributed by atoms with van der Waals surface area (Å²) in [5.74, 6) is -0.0686. The molecular formula is C11H15N3O3. The molecule has 1 aromatic heterocycles. The van der Waals surface area contributed by atoms with Crippen LogP contribution in [-0.4, -0.2) is 47.2 Å². The molecule has 92 valence electrons. The Bertz CT molecular complexity index is 412. The van der Waals surface area contributed by atoms with Crippen LogP contribution in [0.15, 0.2) is 6.20 Å². The summed E-state index contributed by atoms with van der Waals surface area (Å²) in [5, 5.41) is 6.70. The van der Waals surface area contributed by atoms with E-state index in [2.05, 4.69) is 10.2 Å². The van der Waals surface area contributed by atoms with Crippen molar-refractivity contribution < 1.29 is 14.3 Å². The van der Waals surface area contributed by atoms with Gasteiger partial charge >= 0.3 is 0 Å². The third-order valence-electron chi connectivity index (χ3n) is 2.95. The molecule has 0 spiro atoms. The van der Waals surface area contributed by atoms with Gasteiger partial charge in [-0.15, -0.1) is 0 Å². The molecule has 1 aromatic rings. The summed E-state index contributed by atoms with van der Waals surface area (Å²) in [5.41, 5.74) is 1.30. The van der Waals surface area contributed by atoms with E-state index in [-0.39, 0.29) is 18.4 Å². The molecule has 6 heteroatoms. The Morgan fingerprint density at radius 2 is 2.47 bits per heavy atom. The van der Waals surface area contributed by atoms with Crippen LogP contribution in [0.25, 0.3) is 0 Å². The molecule has 0 aromatic carbocycles. The number of aromatic nitrogens is 2. The van der Waals surface area contributed by atoms with Gasteiger partial charge in [0.1, 0.15) is 0 Å². The van der Waals surface area contributed by atoms with Gasteiger partial charge in [-0.25, -0.2) is 0 Å². The zero-order valence-corrected chi connectivity index (χ0v) is 9.68. The Kier molecular flexibility index (Phi) is 3.41. The second-order valence-electron chi connectivity index (χ2n) is 4.17. The van der Waals surface area contributed by atoms with Crippen LogP contribution in [0.4, 0.5) is 0 Å². The first-order chi connectivity index (χ1) is 8.24. The molecule has 2 heterocycles. The molecule has 1 N–H and O–H groups in total. The van der Waals surface area contributed by atoms with Crippen LogP contribution in [0.1, 0.15) is 35.3 Å². The molecule has 1 amide bonds. The van der Waals surface area contributed by atoms with Crippen LogP contribution in [0.5, 0.6) is 0 Å². The summed E-state index contributed by atoms with van der Waals surface area (Å²) in [6.45, 7) is 4.14. The second kappa shape index (κ2) is 4.99. The maximum absolute atomic E-state index is 12.0. The lowest BCUT2D eigenvalue weighted by Crippen LogP contribution is -2.42. The van der Waals surface area contributed by atoms with Crippen molar-refractivity contribution in [3.8, 4) is 0 Å². The number of carbonyl (C=O) groups excluding carboxylic acids is 2. The van der Waals surface area contributed by atoms with Gasteiger partial charge in [-0.05, 0) is 6.42 Å². The van der Waals surface area contributed by atoms with Crippen molar-refractivity contribution in [3.05, 3.63) is 17.5 Å². The summed E-state index contributed by atoms with van der Waals surface area (Å²) in [6.07, 6.45) is 2.59. The van der Waals surface area contributed by atoms with Gasteiger partial charge in [-0.3, -0.25) is 14.7 Å². The number of likely N-dealkylation sites (tertiary alicyclic amines) is 1. The number of nitrogens with one attached hydrogen (secondary N) is 1. The lowest BCUT2D eigenvalue weighted by molar-refractivity contribution is -0.129. The zero-order valence-electron chi connectivity index (χ0n) is 9.68. The fourth-order valence-electron chi connectivity index (χ4n) is 1.80. The summed E-state index contributed by atoms with van der Waals surface area (Å²) in [4.78, 5) is 24.0. The molecule has 0 radical (unpaired) electrons. The third-order valence-corrected chi connectivity index (χ3v) is 2.95.